The standard InChI is InChI=1S/C13H22N2O3/c1-9(10-5-3-2-4-6-10)14-13(18)15-7-11(8-15)12(16)17/h9-11H,2-8H2,1H3,(H,14,18)(H,16,17). The van der Waals surface area contributed by atoms with Gasteiger partial charge in [0.15, 0.2) is 0 Å². The molecule has 1 saturated heterocycles. The number of amides is 2. The second-order valence-electron chi connectivity index (χ2n) is 5.58. The van der Waals surface area contributed by atoms with E-state index in [4.69, 9.17) is 5.11 Å². The number of aliphatic carboxylic acids is 1. The van der Waals surface area contributed by atoms with Gasteiger partial charge in [0.1, 0.15) is 0 Å². The first-order valence-corrected chi connectivity index (χ1v) is 6.86. The Hall–Kier alpha value is -1.26. The van der Waals surface area contributed by atoms with E-state index in [1.807, 2.05) is 0 Å². The Balaban J connectivity index is 1.72. The maximum Gasteiger partial charge on any atom is 0.317 e. The van der Waals surface area contributed by atoms with Crippen LogP contribution in [0.25, 0.3) is 0 Å². The van der Waals surface area contributed by atoms with Crippen molar-refractivity contribution in [2.75, 3.05) is 13.1 Å². The van der Waals surface area contributed by atoms with Crippen molar-refractivity contribution in [3.63, 3.8) is 0 Å². The average molecular weight is 254 g/mol. The molecule has 0 aromatic carbocycles. The minimum atomic E-state index is -0.806. The number of hydrogen-bond donors (Lipinski definition) is 2. The van der Waals surface area contributed by atoms with E-state index in [1.54, 1.807) is 4.90 Å². The van der Waals surface area contributed by atoms with Crippen molar-refractivity contribution in [2.45, 2.75) is 45.1 Å². The lowest BCUT2D eigenvalue weighted by atomic mass is 9.84. The summed E-state index contributed by atoms with van der Waals surface area (Å²) in [4.78, 5) is 24.1. The molecular formula is C13H22N2O3. The van der Waals surface area contributed by atoms with Gasteiger partial charge in [0.2, 0.25) is 0 Å². The fourth-order valence-corrected chi connectivity index (χ4v) is 2.84. The summed E-state index contributed by atoms with van der Waals surface area (Å²) in [6.45, 7) is 2.75. The summed E-state index contributed by atoms with van der Waals surface area (Å²) in [7, 11) is 0. The van der Waals surface area contributed by atoms with E-state index < -0.39 is 5.97 Å². The Morgan fingerprint density at radius 3 is 2.39 bits per heavy atom. The molecule has 2 aliphatic rings. The molecule has 0 aromatic heterocycles. The van der Waals surface area contributed by atoms with Crippen molar-refractivity contribution in [1.82, 2.24) is 10.2 Å². The lowest BCUT2D eigenvalue weighted by Crippen LogP contribution is -2.58. The van der Waals surface area contributed by atoms with Gasteiger partial charge in [-0.15, -0.1) is 0 Å². The highest BCUT2D eigenvalue weighted by atomic mass is 16.4. The van der Waals surface area contributed by atoms with Crippen LogP contribution >= 0.6 is 0 Å². The van der Waals surface area contributed by atoms with Crippen LogP contribution in [0.15, 0.2) is 0 Å². The highest BCUT2D eigenvalue weighted by Crippen LogP contribution is 2.26. The quantitative estimate of drug-likeness (QED) is 0.805. The topological polar surface area (TPSA) is 69.6 Å². The van der Waals surface area contributed by atoms with Gasteiger partial charge in [-0.2, -0.15) is 0 Å². The summed E-state index contributed by atoms with van der Waals surface area (Å²) >= 11 is 0. The molecule has 1 atom stereocenters. The lowest BCUT2D eigenvalue weighted by molar-refractivity contribution is -0.146. The zero-order chi connectivity index (χ0) is 13.1. The second-order valence-corrected chi connectivity index (χ2v) is 5.58. The molecule has 1 unspecified atom stereocenters. The second kappa shape index (κ2) is 5.59. The third-order valence-corrected chi connectivity index (χ3v) is 4.23. The third-order valence-electron chi connectivity index (χ3n) is 4.23. The van der Waals surface area contributed by atoms with Gasteiger partial charge in [0.05, 0.1) is 5.92 Å². The summed E-state index contributed by atoms with van der Waals surface area (Å²) in [5.41, 5.74) is 0. The van der Waals surface area contributed by atoms with Crippen LogP contribution < -0.4 is 5.32 Å². The zero-order valence-corrected chi connectivity index (χ0v) is 10.9. The summed E-state index contributed by atoms with van der Waals surface area (Å²) in [6, 6.07) is 0.0900. The Kier molecular flexibility index (Phi) is 4.09. The number of likely N-dealkylation sites (tertiary alicyclic amines) is 1. The van der Waals surface area contributed by atoms with Crippen molar-refractivity contribution in [2.24, 2.45) is 11.8 Å². The average Bonchev–Trinajstić information content (AvgIpc) is 2.27. The number of urea groups is 1. The number of carboxylic acid groups (broad SMARTS) is 1. The molecule has 1 aliphatic carbocycles. The summed E-state index contributed by atoms with van der Waals surface area (Å²) in [6.07, 6.45) is 6.22. The van der Waals surface area contributed by atoms with E-state index in [0.29, 0.717) is 19.0 Å². The number of nitrogens with zero attached hydrogens (tertiary/aromatic N) is 1. The normalized spacial score (nSPS) is 23.3. The van der Waals surface area contributed by atoms with Crippen molar-refractivity contribution in [3.8, 4) is 0 Å². The van der Waals surface area contributed by atoms with E-state index in [-0.39, 0.29) is 18.0 Å². The molecule has 0 radical (unpaired) electrons. The summed E-state index contributed by atoms with van der Waals surface area (Å²) < 4.78 is 0. The molecule has 2 amide bonds. The van der Waals surface area contributed by atoms with Crippen LogP contribution in [0.3, 0.4) is 0 Å². The number of carbonyl (C=O) groups excluding carboxylic acids is 1. The van der Waals surface area contributed by atoms with Crippen LogP contribution in [0.1, 0.15) is 39.0 Å². The molecule has 5 nitrogen and oxygen atoms in total. The Morgan fingerprint density at radius 1 is 1.22 bits per heavy atom. The van der Waals surface area contributed by atoms with Gasteiger partial charge in [0, 0.05) is 19.1 Å². The van der Waals surface area contributed by atoms with Gasteiger partial charge >= 0.3 is 12.0 Å². The molecular weight excluding hydrogens is 232 g/mol. The van der Waals surface area contributed by atoms with Crippen LogP contribution in [0.5, 0.6) is 0 Å². The molecule has 2 N–H and O–H groups in total. The number of nitrogens with one attached hydrogen (secondary N) is 1. The van der Waals surface area contributed by atoms with Crippen molar-refractivity contribution in [1.29, 1.82) is 0 Å². The molecule has 2 fully saturated rings. The van der Waals surface area contributed by atoms with E-state index in [9.17, 15) is 9.59 Å². The number of carbonyl (C=O) groups is 2. The van der Waals surface area contributed by atoms with Gasteiger partial charge in [-0.1, -0.05) is 19.3 Å². The third kappa shape index (κ3) is 2.94. The highest BCUT2D eigenvalue weighted by molar-refractivity contribution is 5.79. The lowest BCUT2D eigenvalue weighted by Gasteiger charge is -2.38. The largest absolute Gasteiger partial charge is 0.481 e. The van der Waals surface area contributed by atoms with Gasteiger partial charge in [-0.25, -0.2) is 4.79 Å². The molecule has 1 saturated carbocycles. The first kappa shape index (κ1) is 13.2. The van der Waals surface area contributed by atoms with Crippen molar-refractivity contribution in [3.05, 3.63) is 0 Å². The molecule has 18 heavy (non-hydrogen) atoms. The Bertz CT molecular complexity index is 320. The van der Waals surface area contributed by atoms with Crippen LogP contribution in [-0.2, 0) is 4.79 Å². The number of hydrogen-bond acceptors (Lipinski definition) is 2. The molecule has 0 bridgehead atoms. The summed E-state index contributed by atoms with van der Waals surface area (Å²) in [5.74, 6) is -0.598. The van der Waals surface area contributed by atoms with Gasteiger partial charge in [-0.05, 0) is 25.7 Å². The Morgan fingerprint density at radius 2 is 1.83 bits per heavy atom. The SMILES string of the molecule is CC(NC(=O)N1CC(C(=O)O)C1)C1CCCCC1. The van der Waals surface area contributed by atoms with Gasteiger partial charge in [0.25, 0.3) is 0 Å². The van der Waals surface area contributed by atoms with E-state index in [0.717, 1.165) is 0 Å². The highest BCUT2D eigenvalue weighted by Gasteiger charge is 2.36. The molecule has 102 valence electrons. The first-order chi connectivity index (χ1) is 8.58. The number of rotatable bonds is 3. The van der Waals surface area contributed by atoms with Crippen LogP contribution in [0.4, 0.5) is 4.79 Å². The van der Waals surface area contributed by atoms with Gasteiger partial charge < -0.3 is 15.3 Å². The predicted octanol–water partition coefficient (Wildman–Crippen LogP) is 1.68. The van der Waals surface area contributed by atoms with Crippen molar-refractivity contribution >= 4 is 12.0 Å². The monoisotopic (exact) mass is 254 g/mol. The fourth-order valence-electron chi connectivity index (χ4n) is 2.84. The van der Waals surface area contributed by atoms with Crippen LogP contribution in [0.2, 0.25) is 0 Å². The minimum absolute atomic E-state index is 0.106. The first-order valence-electron chi connectivity index (χ1n) is 6.86. The maximum absolute atomic E-state index is 11.9. The fraction of sp³-hybridized carbons (Fsp3) is 0.846. The van der Waals surface area contributed by atoms with E-state index in [2.05, 4.69) is 12.2 Å². The molecule has 2 rings (SSSR count). The van der Waals surface area contributed by atoms with E-state index >= 15 is 0 Å². The van der Waals surface area contributed by atoms with Crippen LogP contribution in [-0.4, -0.2) is 41.1 Å². The zero-order valence-electron chi connectivity index (χ0n) is 10.9. The maximum atomic E-state index is 11.9. The van der Waals surface area contributed by atoms with Crippen LogP contribution in [0, 0.1) is 11.8 Å². The Labute approximate surface area is 108 Å². The van der Waals surface area contributed by atoms with Gasteiger partial charge in [-0.3, -0.25) is 4.79 Å². The molecule has 0 aromatic rings. The van der Waals surface area contributed by atoms with Crippen molar-refractivity contribution < 1.29 is 14.7 Å². The smallest absolute Gasteiger partial charge is 0.317 e. The molecule has 1 heterocycles. The van der Waals surface area contributed by atoms with E-state index in [1.165, 1.54) is 32.1 Å². The predicted molar refractivity (Wildman–Crippen MR) is 67.3 cm³/mol. The number of carboxylic acids is 1. The molecule has 1 aliphatic heterocycles. The molecule has 0 spiro atoms. The summed E-state index contributed by atoms with van der Waals surface area (Å²) in [5, 5.41) is 11.8. The minimum Gasteiger partial charge on any atom is -0.481 e. The molecule has 5 heteroatoms.